The summed E-state index contributed by atoms with van der Waals surface area (Å²) >= 11 is 12.6. The molecule has 0 radical (unpaired) electrons. The second-order valence-electron chi connectivity index (χ2n) is 6.00. The van der Waals surface area contributed by atoms with E-state index in [1.807, 2.05) is 0 Å². The predicted octanol–water partition coefficient (Wildman–Crippen LogP) is 3.29. The third kappa shape index (κ3) is 5.54. The number of para-hydroxylation sites is 2. The van der Waals surface area contributed by atoms with Crippen LogP contribution >= 0.6 is 35.2 Å². The molecule has 0 spiro atoms. The molecule has 0 aliphatic heterocycles. The number of nitrogens with one attached hydrogen (secondary N) is 3. The van der Waals surface area contributed by atoms with Crippen LogP contribution in [0.15, 0.2) is 42.5 Å². The van der Waals surface area contributed by atoms with Gasteiger partial charge in [0.05, 0.1) is 19.2 Å². The molecule has 162 valence electrons. The summed E-state index contributed by atoms with van der Waals surface area (Å²) < 4.78 is 16.5. The molecular formula is C20H18ClN3O5S2. The molecule has 8 nitrogen and oxygen atoms in total. The number of hydrazine groups is 1. The summed E-state index contributed by atoms with van der Waals surface area (Å²) in [4.78, 5) is 24.8. The van der Waals surface area contributed by atoms with Crippen molar-refractivity contribution in [3.05, 3.63) is 52.4 Å². The van der Waals surface area contributed by atoms with E-state index in [4.69, 9.17) is 38.0 Å². The molecule has 0 aliphatic rings. The molecule has 0 saturated carbocycles. The van der Waals surface area contributed by atoms with Crippen LogP contribution in [0, 0.1) is 0 Å². The third-order valence-electron chi connectivity index (χ3n) is 4.01. The summed E-state index contributed by atoms with van der Waals surface area (Å²) in [7, 11) is 3.06. The third-order valence-corrected chi connectivity index (χ3v) is 5.87. The number of carbonyl (C=O) groups is 2. The van der Waals surface area contributed by atoms with Crippen molar-refractivity contribution in [3.8, 4) is 17.2 Å². The Hall–Kier alpha value is -3.08. The number of carbonyl (C=O) groups excluding carboxylic acids is 2. The molecule has 0 fully saturated rings. The Morgan fingerprint density at radius 2 is 1.81 bits per heavy atom. The van der Waals surface area contributed by atoms with Gasteiger partial charge in [0.15, 0.2) is 23.2 Å². The lowest BCUT2D eigenvalue weighted by Gasteiger charge is -2.12. The van der Waals surface area contributed by atoms with Gasteiger partial charge in [-0.3, -0.25) is 25.8 Å². The van der Waals surface area contributed by atoms with E-state index in [-0.39, 0.29) is 11.7 Å². The minimum atomic E-state index is -0.505. The monoisotopic (exact) mass is 479 g/mol. The summed E-state index contributed by atoms with van der Waals surface area (Å²) in [6, 6.07) is 12.3. The highest BCUT2D eigenvalue weighted by Crippen LogP contribution is 2.37. The zero-order valence-corrected chi connectivity index (χ0v) is 18.9. The highest BCUT2D eigenvalue weighted by atomic mass is 35.5. The van der Waals surface area contributed by atoms with Gasteiger partial charge in [-0.2, -0.15) is 0 Å². The lowest BCUT2D eigenvalue weighted by Crippen LogP contribution is -2.49. The minimum absolute atomic E-state index is 0.0956. The maximum Gasteiger partial charge on any atom is 0.276 e. The van der Waals surface area contributed by atoms with Crippen LogP contribution in [-0.2, 0) is 4.79 Å². The van der Waals surface area contributed by atoms with Crippen LogP contribution < -0.4 is 30.4 Å². The molecule has 3 aromatic rings. The average molecular weight is 480 g/mol. The second kappa shape index (κ2) is 10.3. The fourth-order valence-corrected chi connectivity index (χ4v) is 4.14. The molecule has 0 saturated heterocycles. The number of halogens is 1. The van der Waals surface area contributed by atoms with Crippen LogP contribution in [0.25, 0.3) is 10.1 Å². The molecular weight excluding hydrogens is 462 g/mol. The number of hydrogen-bond donors (Lipinski definition) is 3. The van der Waals surface area contributed by atoms with Crippen molar-refractivity contribution >= 4 is 62.2 Å². The van der Waals surface area contributed by atoms with Gasteiger partial charge in [-0.15, -0.1) is 11.3 Å². The number of thiocarbonyl (C=S) groups is 1. The molecule has 0 bridgehead atoms. The minimum Gasteiger partial charge on any atom is -0.497 e. The van der Waals surface area contributed by atoms with Crippen molar-refractivity contribution in [1.82, 2.24) is 16.2 Å². The zero-order valence-electron chi connectivity index (χ0n) is 16.5. The van der Waals surface area contributed by atoms with E-state index in [1.165, 1.54) is 18.4 Å². The van der Waals surface area contributed by atoms with Gasteiger partial charge in [-0.25, -0.2) is 0 Å². The fourth-order valence-electron chi connectivity index (χ4n) is 2.55. The summed E-state index contributed by atoms with van der Waals surface area (Å²) in [5.74, 6) is 0.584. The van der Waals surface area contributed by atoms with Crippen molar-refractivity contribution in [2.75, 3.05) is 20.8 Å². The van der Waals surface area contributed by atoms with E-state index >= 15 is 0 Å². The van der Waals surface area contributed by atoms with Crippen molar-refractivity contribution in [2.24, 2.45) is 0 Å². The van der Waals surface area contributed by atoms with Gasteiger partial charge in [0.1, 0.15) is 10.6 Å². The molecule has 0 atom stereocenters. The van der Waals surface area contributed by atoms with E-state index in [1.54, 1.807) is 49.6 Å². The molecule has 11 heteroatoms. The van der Waals surface area contributed by atoms with E-state index in [9.17, 15) is 9.59 Å². The summed E-state index contributed by atoms with van der Waals surface area (Å²) in [6.07, 6.45) is 0. The molecule has 3 N–H and O–H groups in total. The van der Waals surface area contributed by atoms with Crippen molar-refractivity contribution in [2.45, 2.75) is 0 Å². The first-order valence-corrected chi connectivity index (χ1v) is 10.4. The number of methoxy groups -OCH3 is 2. The Morgan fingerprint density at radius 1 is 1.06 bits per heavy atom. The standard InChI is InChI=1S/C20H18ClN3O5S2/c1-27-11-7-8-12-15(9-11)31-18(17(12)21)19(26)22-20(30)24-23-16(25)10-29-14-6-4-3-5-13(14)28-2/h3-9H,10H2,1-2H3,(H,23,25)(H2,22,24,26,30). The smallest absolute Gasteiger partial charge is 0.276 e. The van der Waals surface area contributed by atoms with Crippen LogP contribution in [0.1, 0.15) is 9.67 Å². The molecule has 3 rings (SSSR count). The molecule has 1 aromatic heterocycles. The molecule has 0 aliphatic carbocycles. The SMILES string of the molecule is COc1ccc2c(Cl)c(C(=O)NC(=S)NNC(=O)COc3ccccc3OC)sc2c1. The van der Waals surface area contributed by atoms with E-state index in [0.717, 1.165) is 10.1 Å². The maximum absolute atomic E-state index is 12.5. The summed E-state index contributed by atoms with van der Waals surface area (Å²) in [6.45, 7) is -0.284. The Labute approximate surface area is 192 Å². The summed E-state index contributed by atoms with van der Waals surface area (Å²) in [5.41, 5.74) is 4.80. The normalized spacial score (nSPS) is 10.3. The van der Waals surface area contributed by atoms with Gasteiger partial charge in [0.25, 0.3) is 11.8 Å². The lowest BCUT2D eigenvalue weighted by molar-refractivity contribution is -0.123. The topological polar surface area (TPSA) is 97.9 Å². The highest BCUT2D eigenvalue weighted by molar-refractivity contribution is 7.80. The average Bonchev–Trinajstić information content (AvgIpc) is 3.12. The Bertz CT molecular complexity index is 1140. The van der Waals surface area contributed by atoms with Gasteiger partial charge in [0.2, 0.25) is 0 Å². The van der Waals surface area contributed by atoms with Crippen molar-refractivity contribution in [3.63, 3.8) is 0 Å². The Balaban J connectivity index is 1.52. The molecule has 0 unspecified atom stereocenters. The number of amides is 2. The van der Waals surface area contributed by atoms with Crippen molar-refractivity contribution < 1.29 is 23.8 Å². The van der Waals surface area contributed by atoms with Crippen LogP contribution in [0.2, 0.25) is 5.02 Å². The number of fused-ring (bicyclic) bond motifs is 1. The van der Waals surface area contributed by atoms with E-state index in [0.29, 0.717) is 27.1 Å². The largest absolute Gasteiger partial charge is 0.497 e. The first kappa shape index (κ1) is 22.6. The fraction of sp³-hybridized carbons (Fsp3) is 0.150. The Kier molecular flexibility index (Phi) is 7.50. The van der Waals surface area contributed by atoms with Gasteiger partial charge in [0, 0.05) is 10.1 Å². The number of hydrogen-bond acceptors (Lipinski definition) is 7. The Morgan fingerprint density at radius 3 is 2.52 bits per heavy atom. The number of benzene rings is 2. The molecule has 2 amide bonds. The number of ether oxygens (including phenoxy) is 3. The van der Waals surface area contributed by atoms with Crippen LogP contribution in [-0.4, -0.2) is 37.8 Å². The van der Waals surface area contributed by atoms with Crippen LogP contribution in [0.5, 0.6) is 17.2 Å². The van der Waals surface area contributed by atoms with Gasteiger partial charge < -0.3 is 14.2 Å². The first-order chi connectivity index (χ1) is 14.9. The highest BCUT2D eigenvalue weighted by Gasteiger charge is 2.18. The molecule has 2 aromatic carbocycles. The number of thiophene rings is 1. The van der Waals surface area contributed by atoms with Crippen LogP contribution in [0.3, 0.4) is 0 Å². The molecule has 1 heterocycles. The van der Waals surface area contributed by atoms with Gasteiger partial charge >= 0.3 is 0 Å². The van der Waals surface area contributed by atoms with Gasteiger partial charge in [-0.1, -0.05) is 23.7 Å². The number of rotatable bonds is 6. The second-order valence-corrected chi connectivity index (χ2v) is 7.84. The maximum atomic E-state index is 12.5. The van der Waals surface area contributed by atoms with Gasteiger partial charge in [-0.05, 0) is 42.5 Å². The first-order valence-electron chi connectivity index (χ1n) is 8.85. The van der Waals surface area contributed by atoms with Crippen molar-refractivity contribution in [1.29, 1.82) is 0 Å². The van der Waals surface area contributed by atoms with E-state index in [2.05, 4.69) is 16.2 Å². The predicted molar refractivity (Wildman–Crippen MR) is 123 cm³/mol. The summed E-state index contributed by atoms with van der Waals surface area (Å²) in [5, 5.41) is 3.43. The lowest BCUT2D eigenvalue weighted by atomic mass is 10.2. The molecule has 31 heavy (non-hydrogen) atoms. The zero-order chi connectivity index (χ0) is 22.4. The van der Waals surface area contributed by atoms with E-state index < -0.39 is 11.8 Å². The van der Waals surface area contributed by atoms with Crippen LogP contribution in [0.4, 0.5) is 0 Å². The quantitative estimate of drug-likeness (QED) is 0.368.